The van der Waals surface area contributed by atoms with Gasteiger partial charge in [-0.2, -0.15) is 0 Å². The van der Waals surface area contributed by atoms with Gasteiger partial charge in [-0.25, -0.2) is 9.37 Å². The van der Waals surface area contributed by atoms with Gasteiger partial charge in [0.1, 0.15) is 10.4 Å². The second-order valence-corrected chi connectivity index (χ2v) is 14.6. The summed E-state index contributed by atoms with van der Waals surface area (Å²) >= 11 is 7.56. The Balaban J connectivity index is 1.50. The average Bonchev–Trinajstić information content (AvgIpc) is 3.43. The maximum atomic E-state index is 16.4. The number of thioether (sulfide) groups is 1. The Morgan fingerprint density at radius 1 is 1.12 bits per heavy atom. The van der Waals surface area contributed by atoms with E-state index in [1.54, 1.807) is 30.7 Å². The maximum Gasteiger partial charge on any atom is 0.306 e. The second-order valence-electron chi connectivity index (χ2n) is 13.4. The molecule has 2 amide bonds. The summed E-state index contributed by atoms with van der Waals surface area (Å²) in [4.78, 5) is 44.7. The summed E-state index contributed by atoms with van der Waals surface area (Å²) in [6.07, 6.45) is 8.27. The van der Waals surface area contributed by atoms with Crippen LogP contribution in [0.1, 0.15) is 82.3 Å². The monoisotopic (exact) mass is 628 g/mol. The molecule has 6 rings (SSSR count). The number of anilines is 1. The van der Waals surface area contributed by atoms with Crippen LogP contribution in [0.25, 0.3) is 0 Å². The zero-order chi connectivity index (χ0) is 30.7. The lowest BCUT2D eigenvalue weighted by atomic mass is 9.53. The number of carboxylic acid groups (broad SMARTS) is 1. The molecule has 1 saturated heterocycles. The predicted octanol–water partition coefficient (Wildman–Crippen LogP) is 5.64. The van der Waals surface area contributed by atoms with Gasteiger partial charge in [-0.3, -0.25) is 19.7 Å². The quantitative estimate of drug-likeness (QED) is 0.316. The van der Waals surface area contributed by atoms with Gasteiger partial charge in [-0.1, -0.05) is 31.5 Å². The smallest absolute Gasteiger partial charge is 0.306 e. The molecular formula is C32H38ClFN4O4S. The minimum absolute atomic E-state index is 0.0542. The Morgan fingerprint density at radius 3 is 2.47 bits per heavy atom. The van der Waals surface area contributed by atoms with E-state index in [2.05, 4.69) is 34.8 Å². The van der Waals surface area contributed by atoms with Crippen molar-refractivity contribution in [2.24, 2.45) is 11.3 Å². The summed E-state index contributed by atoms with van der Waals surface area (Å²) in [5.74, 6) is -3.19. The van der Waals surface area contributed by atoms with Gasteiger partial charge in [-0.15, -0.1) is 11.8 Å². The fourth-order valence-electron chi connectivity index (χ4n) is 8.25. The van der Waals surface area contributed by atoms with E-state index in [0.717, 1.165) is 18.4 Å². The maximum absolute atomic E-state index is 16.4. The van der Waals surface area contributed by atoms with E-state index in [1.165, 1.54) is 11.8 Å². The zero-order valence-corrected chi connectivity index (χ0v) is 26.2. The summed E-state index contributed by atoms with van der Waals surface area (Å²) in [5.41, 5.74) is -0.474. The molecule has 0 radical (unpaired) electrons. The number of nitrogens with zero attached hydrogens (tertiary/aromatic N) is 1. The number of pyridine rings is 1. The number of carbonyl (C=O) groups is 3. The molecule has 3 fully saturated rings. The predicted molar refractivity (Wildman–Crippen MR) is 164 cm³/mol. The van der Waals surface area contributed by atoms with Crippen molar-refractivity contribution >= 4 is 46.8 Å². The highest BCUT2D eigenvalue weighted by Crippen LogP contribution is 2.64. The second kappa shape index (κ2) is 11.0. The highest BCUT2D eigenvalue weighted by Gasteiger charge is 2.73. The number of aromatic nitrogens is 1. The van der Waals surface area contributed by atoms with Crippen molar-refractivity contribution in [3.05, 3.63) is 52.4 Å². The molecule has 3 heterocycles. The van der Waals surface area contributed by atoms with Gasteiger partial charge in [0.2, 0.25) is 11.8 Å². The van der Waals surface area contributed by atoms with Crippen molar-refractivity contribution in [3.8, 4) is 0 Å². The lowest BCUT2D eigenvalue weighted by Crippen LogP contribution is -2.61. The first-order valence-corrected chi connectivity index (χ1v) is 16.6. The number of hydrogen-bond acceptors (Lipinski definition) is 6. The fourth-order valence-corrected chi connectivity index (χ4v) is 8.89. The van der Waals surface area contributed by atoms with Gasteiger partial charge in [0.25, 0.3) is 0 Å². The van der Waals surface area contributed by atoms with Crippen molar-refractivity contribution in [1.29, 1.82) is 0 Å². The van der Waals surface area contributed by atoms with Gasteiger partial charge in [0.15, 0.2) is 5.82 Å². The number of benzene rings is 1. The van der Waals surface area contributed by atoms with Crippen LogP contribution in [-0.2, 0) is 19.8 Å². The van der Waals surface area contributed by atoms with Crippen LogP contribution in [-0.4, -0.2) is 51.8 Å². The van der Waals surface area contributed by atoms with Crippen LogP contribution in [0.3, 0.4) is 0 Å². The lowest BCUT2D eigenvalue weighted by Gasteiger charge is -2.50. The molecule has 3 atom stereocenters. The third-order valence-electron chi connectivity index (χ3n) is 10.6. The molecule has 2 aliphatic heterocycles. The SMILES string of the molecule is CSc1nccc([C@H]2[C@H](C(=O)NC3CCC(C(=O)O)CC3)NC3(CCC(C)(C)CC3)[C@@]23C(=O)Nc2cc(Cl)ccc23)c1F. The Labute approximate surface area is 260 Å². The minimum Gasteiger partial charge on any atom is -0.481 e. The number of nitrogens with one attached hydrogen (secondary N) is 3. The molecule has 4 N–H and O–H groups in total. The summed E-state index contributed by atoms with van der Waals surface area (Å²) in [5, 5.41) is 20.1. The summed E-state index contributed by atoms with van der Waals surface area (Å²) in [7, 11) is 0. The molecule has 2 spiro atoms. The van der Waals surface area contributed by atoms with Gasteiger partial charge in [0.05, 0.1) is 12.0 Å². The molecule has 2 aliphatic carbocycles. The third-order valence-corrected chi connectivity index (χ3v) is 11.5. The van der Waals surface area contributed by atoms with Crippen LogP contribution in [0.15, 0.2) is 35.5 Å². The molecule has 43 heavy (non-hydrogen) atoms. The first kappa shape index (κ1) is 30.3. The van der Waals surface area contributed by atoms with Crippen molar-refractivity contribution in [1.82, 2.24) is 15.6 Å². The minimum atomic E-state index is -1.29. The third kappa shape index (κ3) is 4.84. The van der Waals surface area contributed by atoms with Gasteiger partial charge in [0, 0.05) is 34.4 Å². The first-order valence-electron chi connectivity index (χ1n) is 15.0. The summed E-state index contributed by atoms with van der Waals surface area (Å²) in [6.45, 7) is 4.43. The number of hydrogen-bond donors (Lipinski definition) is 4. The molecule has 11 heteroatoms. The van der Waals surface area contributed by atoms with E-state index >= 15 is 4.39 Å². The van der Waals surface area contributed by atoms with Crippen LogP contribution >= 0.6 is 23.4 Å². The van der Waals surface area contributed by atoms with E-state index in [-0.39, 0.29) is 33.9 Å². The number of carbonyl (C=O) groups excluding carboxylic acids is 2. The molecular weight excluding hydrogens is 591 g/mol. The highest BCUT2D eigenvalue weighted by molar-refractivity contribution is 7.98. The first-order chi connectivity index (χ1) is 20.4. The van der Waals surface area contributed by atoms with Gasteiger partial charge < -0.3 is 15.7 Å². The zero-order valence-electron chi connectivity index (χ0n) is 24.6. The van der Waals surface area contributed by atoms with E-state index in [9.17, 15) is 19.5 Å². The average molecular weight is 629 g/mol. The Morgan fingerprint density at radius 2 is 1.81 bits per heavy atom. The number of rotatable bonds is 5. The summed E-state index contributed by atoms with van der Waals surface area (Å²) < 4.78 is 16.4. The molecule has 0 bridgehead atoms. The normalized spacial score (nSPS) is 30.7. The fraction of sp³-hybridized carbons (Fsp3) is 0.562. The Bertz CT molecular complexity index is 1470. The van der Waals surface area contributed by atoms with E-state index in [1.807, 2.05) is 6.07 Å². The van der Waals surface area contributed by atoms with Crippen LogP contribution in [0.5, 0.6) is 0 Å². The van der Waals surface area contributed by atoms with E-state index < -0.39 is 40.6 Å². The Kier molecular flexibility index (Phi) is 7.79. The molecule has 8 nitrogen and oxygen atoms in total. The van der Waals surface area contributed by atoms with Crippen LogP contribution < -0.4 is 16.0 Å². The van der Waals surface area contributed by atoms with E-state index in [4.69, 9.17) is 11.6 Å². The van der Waals surface area contributed by atoms with Crippen molar-refractivity contribution < 1.29 is 23.9 Å². The molecule has 230 valence electrons. The molecule has 2 aromatic rings. The van der Waals surface area contributed by atoms with E-state index in [0.29, 0.717) is 49.2 Å². The topological polar surface area (TPSA) is 120 Å². The number of halogens is 2. The molecule has 4 aliphatic rings. The van der Waals surface area contributed by atoms with Gasteiger partial charge in [-0.05, 0) is 92.4 Å². The number of fused-ring (bicyclic) bond motifs is 3. The van der Waals surface area contributed by atoms with Crippen molar-refractivity contribution in [2.75, 3.05) is 11.6 Å². The lowest BCUT2D eigenvalue weighted by molar-refractivity contribution is -0.142. The van der Waals surface area contributed by atoms with Gasteiger partial charge >= 0.3 is 5.97 Å². The van der Waals surface area contributed by atoms with Crippen molar-refractivity contribution in [3.63, 3.8) is 0 Å². The van der Waals surface area contributed by atoms with Crippen LogP contribution in [0.4, 0.5) is 10.1 Å². The Hall–Kier alpha value is -2.69. The molecule has 0 unspecified atom stereocenters. The highest BCUT2D eigenvalue weighted by atomic mass is 35.5. The largest absolute Gasteiger partial charge is 0.481 e. The van der Waals surface area contributed by atoms with Crippen molar-refractivity contribution in [2.45, 2.75) is 99.2 Å². The molecule has 1 aromatic heterocycles. The molecule has 1 aromatic carbocycles. The number of amides is 2. The number of aliphatic carboxylic acids is 1. The summed E-state index contributed by atoms with van der Waals surface area (Å²) in [6, 6.07) is 5.83. The number of carboxylic acids is 1. The molecule has 2 saturated carbocycles. The standard InChI is InChI=1S/C32H38ClFN4O4S/c1-30(2)11-13-31(14-12-30)32(21-9-6-18(33)16-22(21)37-29(32)42)23(20-10-15-35-27(43-3)24(20)34)25(38-31)26(39)36-19-7-4-17(5-8-19)28(40)41/h6,9-10,15-17,19,23,25,38H,4-5,7-8,11-14H2,1-3H3,(H,36,39)(H,37,42)(H,40,41)/t17?,19?,23-,25+,32+/m0/s1. The van der Waals surface area contributed by atoms with Crippen LogP contribution in [0, 0.1) is 17.2 Å². The van der Waals surface area contributed by atoms with Crippen LogP contribution in [0.2, 0.25) is 5.02 Å².